The Bertz CT molecular complexity index is 124. The molecule has 1 saturated carbocycles. The Kier molecular flexibility index (Phi) is 5.35. The predicted molar refractivity (Wildman–Crippen MR) is 55.0 cm³/mol. The van der Waals surface area contributed by atoms with E-state index in [1.54, 1.807) is 7.11 Å². The van der Waals surface area contributed by atoms with Crippen molar-refractivity contribution in [3.8, 4) is 0 Å². The zero-order valence-corrected chi connectivity index (χ0v) is 8.81. The summed E-state index contributed by atoms with van der Waals surface area (Å²) >= 11 is 0. The first-order valence-electron chi connectivity index (χ1n) is 5.33. The van der Waals surface area contributed by atoms with Gasteiger partial charge in [0, 0.05) is 13.2 Å². The smallest absolute Gasteiger partial charge is 0.0601 e. The molecule has 3 nitrogen and oxygen atoms in total. The molecule has 13 heavy (non-hydrogen) atoms. The molecule has 1 aliphatic rings. The van der Waals surface area contributed by atoms with Gasteiger partial charge in [0.25, 0.3) is 0 Å². The predicted octanol–water partition coefficient (Wildman–Crippen LogP) is 0.753. The summed E-state index contributed by atoms with van der Waals surface area (Å²) in [5, 5.41) is 6.84. The van der Waals surface area contributed by atoms with E-state index in [2.05, 4.69) is 17.6 Å². The highest BCUT2D eigenvalue weighted by molar-refractivity contribution is 4.85. The Morgan fingerprint density at radius 3 is 2.69 bits per heavy atom. The van der Waals surface area contributed by atoms with Gasteiger partial charge in [-0.2, -0.15) is 0 Å². The van der Waals surface area contributed by atoms with E-state index >= 15 is 0 Å². The third-order valence-electron chi connectivity index (χ3n) is 2.64. The van der Waals surface area contributed by atoms with Crippen molar-refractivity contribution in [1.29, 1.82) is 0 Å². The maximum Gasteiger partial charge on any atom is 0.0601 e. The van der Waals surface area contributed by atoms with E-state index in [0.717, 1.165) is 19.6 Å². The second-order valence-electron chi connectivity index (χ2n) is 3.69. The SMILES string of the molecule is CCNCCCNC1CC(OC)C1. The van der Waals surface area contributed by atoms with Gasteiger partial charge in [-0.3, -0.25) is 0 Å². The van der Waals surface area contributed by atoms with Gasteiger partial charge in [-0.25, -0.2) is 0 Å². The van der Waals surface area contributed by atoms with Crippen molar-refractivity contribution < 1.29 is 4.74 Å². The number of hydrogen-bond donors (Lipinski definition) is 2. The fourth-order valence-corrected chi connectivity index (χ4v) is 1.62. The van der Waals surface area contributed by atoms with Gasteiger partial charge < -0.3 is 15.4 Å². The number of hydrogen-bond acceptors (Lipinski definition) is 3. The van der Waals surface area contributed by atoms with E-state index in [9.17, 15) is 0 Å². The summed E-state index contributed by atoms with van der Waals surface area (Å²) in [5.74, 6) is 0. The van der Waals surface area contributed by atoms with Crippen LogP contribution in [0.4, 0.5) is 0 Å². The van der Waals surface area contributed by atoms with Crippen molar-refractivity contribution in [1.82, 2.24) is 10.6 Å². The van der Waals surface area contributed by atoms with Gasteiger partial charge in [0.15, 0.2) is 0 Å². The van der Waals surface area contributed by atoms with Crippen molar-refractivity contribution in [3.63, 3.8) is 0 Å². The van der Waals surface area contributed by atoms with Gasteiger partial charge >= 0.3 is 0 Å². The van der Waals surface area contributed by atoms with Crippen LogP contribution in [0.1, 0.15) is 26.2 Å². The first-order chi connectivity index (χ1) is 6.36. The van der Waals surface area contributed by atoms with Crippen LogP contribution in [0.2, 0.25) is 0 Å². The Hall–Kier alpha value is -0.120. The Morgan fingerprint density at radius 2 is 2.08 bits per heavy atom. The van der Waals surface area contributed by atoms with Crippen molar-refractivity contribution in [2.75, 3.05) is 26.7 Å². The van der Waals surface area contributed by atoms with Crippen molar-refractivity contribution in [2.45, 2.75) is 38.3 Å². The molecule has 0 amide bonds. The van der Waals surface area contributed by atoms with Gasteiger partial charge in [-0.15, -0.1) is 0 Å². The lowest BCUT2D eigenvalue weighted by Gasteiger charge is -2.34. The third-order valence-corrected chi connectivity index (χ3v) is 2.64. The molecular formula is C10H22N2O. The normalized spacial score (nSPS) is 27.2. The summed E-state index contributed by atoms with van der Waals surface area (Å²) in [4.78, 5) is 0. The molecule has 1 fully saturated rings. The second-order valence-corrected chi connectivity index (χ2v) is 3.69. The van der Waals surface area contributed by atoms with E-state index in [1.807, 2.05) is 0 Å². The summed E-state index contributed by atoms with van der Waals surface area (Å²) in [7, 11) is 1.80. The molecule has 0 aliphatic heterocycles. The summed E-state index contributed by atoms with van der Waals surface area (Å²) < 4.78 is 5.21. The minimum absolute atomic E-state index is 0.520. The molecule has 0 unspecified atom stereocenters. The summed E-state index contributed by atoms with van der Waals surface area (Å²) in [6, 6.07) is 0.714. The molecule has 0 atom stereocenters. The quantitative estimate of drug-likeness (QED) is 0.576. The molecule has 0 aromatic heterocycles. The lowest BCUT2D eigenvalue weighted by Crippen LogP contribution is -2.45. The molecule has 78 valence electrons. The minimum atomic E-state index is 0.520. The van der Waals surface area contributed by atoms with Gasteiger partial charge in [-0.05, 0) is 38.9 Å². The van der Waals surface area contributed by atoms with Crippen molar-refractivity contribution in [2.24, 2.45) is 0 Å². The van der Waals surface area contributed by atoms with Gasteiger partial charge in [0.2, 0.25) is 0 Å². The Labute approximate surface area is 81.2 Å². The second kappa shape index (κ2) is 6.35. The van der Waals surface area contributed by atoms with Crippen molar-refractivity contribution in [3.05, 3.63) is 0 Å². The van der Waals surface area contributed by atoms with Gasteiger partial charge in [-0.1, -0.05) is 6.92 Å². The molecule has 0 saturated heterocycles. The molecule has 0 radical (unpaired) electrons. The fourth-order valence-electron chi connectivity index (χ4n) is 1.62. The average Bonchev–Trinajstić information content (AvgIpc) is 2.08. The van der Waals surface area contributed by atoms with Gasteiger partial charge in [0.1, 0.15) is 0 Å². The first-order valence-corrected chi connectivity index (χ1v) is 5.33. The molecule has 0 heterocycles. The van der Waals surface area contributed by atoms with Crippen LogP contribution in [0, 0.1) is 0 Å². The monoisotopic (exact) mass is 186 g/mol. The highest BCUT2D eigenvalue weighted by atomic mass is 16.5. The maximum atomic E-state index is 5.21. The van der Waals surface area contributed by atoms with Crippen LogP contribution in [0.25, 0.3) is 0 Å². The number of methoxy groups -OCH3 is 1. The molecule has 0 spiro atoms. The Balaban J connectivity index is 1.80. The van der Waals surface area contributed by atoms with Crippen LogP contribution < -0.4 is 10.6 Å². The fraction of sp³-hybridized carbons (Fsp3) is 1.00. The van der Waals surface area contributed by atoms with E-state index in [1.165, 1.54) is 19.3 Å². The van der Waals surface area contributed by atoms with E-state index in [-0.39, 0.29) is 0 Å². The molecule has 2 N–H and O–H groups in total. The Morgan fingerprint density at radius 1 is 1.31 bits per heavy atom. The van der Waals surface area contributed by atoms with Crippen LogP contribution in [0.5, 0.6) is 0 Å². The van der Waals surface area contributed by atoms with E-state index in [0.29, 0.717) is 12.1 Å². The highest BCUT2D eigenvalue weighted by Crippen LogP contribution is 2.22. The largest absolute Gasteiger partial charge is 0.381 e. The standard InChI is InChI=1S/C10H22N2O/c1-3-11-5-4-6-12-9-7-10(8-9)13-2/h9-12H,3-8H2,1-2H3. The number of nitrogens with one attached hydrogen (secondary N) is 2. The lowest BCUT2D eigenvalue weighted by atomic mass is 9.89. The lowest BCUT2D eigenvalue weighted by molar-refractivity contribution is 0.0175. The molecule has 1 aliphatic carbocycles. The zero-order valence-electron chi connectivity index (χ0n) is 8.81. The molecule has 0 bridgehead atoms. The summed E-state index contributed by atoms with van der Waals surface area (Å²) in [5.41, 5.74) is 0. The molecular weight excluding hydrogens is 164 g/mol. The van der Waals surface area contributed by atoms with Gasteiger partial charge in [0.05, 0.1) is 6.10 Å². The minimum Gasteiger partial charge on any atom is -0.381 e. The van der Waals surface area contributed by atoms with Crippen LogP contribution >= 0.6 is 0 Å². The first kappa shape index (κ1) is 11.0. The third kappa shape index (κ3) is 4.07. The molecule has 3 heteroatoms. The molecule has 1 rings (SSSR count). The van der Waals surface area contributed by atoms with Crippen molar-refractivity contribution >= 4 is 0 Å². The number of rotatable bonds is 7. The topological polar surface area (TPSA) is 33.3 Å². The van der Waals surface area contributed by atoms with Crippen LogP contribution in [-0.2, 0) is 4.74 Å². The van der Waals surface area contributed by atoms with E-state index in [4.69, 9.17) is 4.74 Å². The summed E-state index contributed by atoms with van der Waals surface area (Å²) in [6.07, 6.45) is 4.13. The van der Waals surface area contributed by atoms with E-state index < -0.39 is 0 Å². The molecule has 0 aromatic carbocycles. The highest BCUT2D eigenvalue weighted by Gasteiger charge is 2.27. The van der Waals surface area contributed by atoms with Crippen LogP contribution in [0.15, 0.2) is 0 Å². The van der Waals surface area contributed by atoms with Crippen LogP contribution in [-0.4, -0.2) is 38.9 Å². The number of ether oxygens (including phenoxy) is 1. The van der Waals surface area contributed by atoms with Crippen LogP contribution in [0.3, 0.4) is 0 Å². The maximum absolute atomic E-state index is 5.21. The summed E-state index contributed by atoms with van der Waals surface area (Å²) in [6.45, 7) is 5.48. The average molecular weight is 186 g/mol. The molecule has 0 aromatic rings. The zero-order chi connectivity index (χ0) is 9.52.